The van der Waals surface area contributed by atoms with Gasteiger partial charge in [-0.3, -0.25) is 4.79 Å². The molecule has 2 aromatic rings. The quantitative estimate of drug-likeness (QED) is 0.786. The molecular weight excluding hydrogens is 362 g/mol. The van der Waals surface area contributed by atoms with Gasteiger partial charge >= 0.3 is 12.0 Å². The first-order valence-corrected chi connectivity index (χ1v) is 8.88. The number of amides is 3. The number of para-hydroxylation sites is 1. The van der Waals surface area contributed by atoms with E-state index in [1.165, 1.54) is 24.3 Å². The molecule has 146 valence electrons. The number of phenolic OH excluding ortho intramolecular Hbond substituents is 1. The highest BCUT2D eigenvalue weighted by Gasteiger charge is 2.25. The zero-order valence-corrected chi connectivity index (χ0v) is 15.2. The van der Waals surface area contributed by atoms with Crippen LogP contribution in [0, 0.1) is 0 Å². The molecule has 0 bridgehead atoms. The van der Waals surface area contributed by atoms with Crippen LogP contribution in [0.4, 0.5) is 10.5 Å². The van der Waals surface area contributed by atoms with Crippen LogP contribution in [-0.2, 0) is 9.53 Å². The number of nitrogens with one attached hydrogen (secondary N) is 1. The number of ether oxygens (including phenoxy) is 1. The number of urea groups is 1. The van der Waals surface area contributed by atoms with Gasteiger partial charge in [0.15, 0.2) is 6.61 Å². The lowest BCUT2D eigenvalue weighted by molar-refractivity contribution is -0.135. The van der Waals surface area contributed by atoms with E-state index in [9.17, 15) is 19.5 Å². The van der Waals surface area contributed by atoms with Crippen LogP contribution in [0.2, 0.25) is 0 Å². The van der Waals surface area contributed by atoms with E-state index in [2.05, 4.69) is 5.32 Å². The van der Waals surface area contributed by atoms with Crippen molar-refractivity contribution in [2.45, 2.75) is 0 Å². The van der Waals surface area contributed by atoms with E-state index < -0.39 is 5.97 Å². The second-order valence-electron chi connectivity index (χ2n) is 6.29. The fourth-order valence-electron chi connectivity index (χ4n) is 2.82. The van der Waals surface area contributed by atoms with Crippen molar-refractivity contribution in [1.82, 2.24) is 9.80 Å². The van der Waals surface area contributed by atoms with Gasteiger partial charge in [0.1, 0.15) is 5.75 Å². The van der Waals surface area contributed by atoms with Crippen LogP contribution in [0.3, 0.4) is 0 Å². The molecule has 0 unspecified atom stereocenters. The van der Waals surface area contributed by atoms with E-state index in [1.807, 2.05) is 18.2 Å². The normalized spacial score (nSPS) is 13.7. The molecule has 1 saturated heterocycles. The lowest BCUT2D eigenvalue weighted by atomic mass is 10.2. The minimum Gasteiger partial charge on any atom is -0.508 e. The zero-order valence-electron chi connectivity index (χ0n) is 15.2. The van der Waals surface area contributed by atoms with Crippen molar-refractivity contribution in [1.29, 1.82) is 0 Å². The molecule has 1 aliphatic heterocycles. The van der Waals surface area contributed by atoms with Crippen LogP contribution in [0.25, 0.3) is 0 Å². The number of aromatic hydroxyl groups is 1. The Balaban J connectivity index is 1.43. The molecule has 1 fully saturated rings. The highest BCUT2D eigenvalue weighted by Crippen LogP contribution is 2.12. The molecule has 0 radical (unpaired) electrons. The molecular formula is C20H21N3O5. The van der Waals surface area contributed by atoms with Crippen LogP contribution in [0.15, 0.2) is 54.6 Å². The summed E-state index contributed by atoms with van der Waals surface area (Å²) >= 11 is 0. The van der Waals surface area contributed by atoms with Crippen molar-refractivity contribution in [3.8, 4) is 5.75 Å². The summed E-state index contributed by atoms with van der Waals surface area (Å²) < 4.78 is 5.02. The van der Waals surface area contributed by atoms with Gasteiger partial charge in [0, 0.05) is 31.9 Å². The number of nitrogens with zero attached hydrogens (tertiary/aromatic N) is 2. The summed E-state index contributed by atoms with van der Waals surface area (Å²) in [6.45, 7) is 1.13. The number of esters is 1. The minimum absolute atomic E-state index is 0.0503. The maximum atomic E-state index is 12.3. The topological polar surface area (TPSA) is 99.2 Å². The summed E-state index contributed by atoms with van der Waals surface area (Å²) in [7, 11) is 0. The van der Waals surface area contributed by atoms with Gasteiger partial charge in [-0.1, -0.05) is 24.3 Å². The van der Waals surface area contributed by atoms with E-state index in [0.717, 1.165) is 0 Å². The molecule has 0 spiro atoms. The Morgan fingerprint density at radius 2 is 1.61 bits per heavy atom. The summed E-state index contributed by atoms with van der Waals surface area (Å²) in [6, 6.07) is 14.7. The van der Waals surface area contributed by atoms with Gasteiger partial charge in [-0.15, -0.1) is 0 Å². The second-order valence-corrected chi connectivity index (χ2v) is 6.29. The first-order valence-electron chi connectivity index (χ1n) is 8.88. The molecule has 2 N–H and O–H groups in total. The standard InChI is InChI=1S/C20H21N3O5/c24-17-8-4-5-15(13-17)19(26)28-14-18(25)22-9-11-23(12-10-22)20(27)21-16-6-2-1-3-7-16/h1-8,13,24H,9-12,14H2,(H,21,27). The molecule has 2 aromatic carbocycles. The number of anilines is 1. The Hall–Kier alpha value is -3.55. The van der Waals surface area contributed by atoms with Crippen molar-refractivity contribution in [2.75, 3.05) is 38.1 Å². The summed E-state index contributed by atoms with van der Waals surface area (Å²) in [5.41, 5.74) is 0.889. The molecule has 3 amide bonds. The van der Waals surface area contributed by atoms with Gasteiger partial charge in [-0.05, 0) is 30.3 Å². The van der Waals surface area contributed by atoms with E-state index in [0.29, 0.717) is 31.9 Å². The summed E-state index contributed by atoms with van der Waals surface area (Å²) in [4.78, 5) is 39.6. The predicted octanol–water partition coefficient (Wildman–Crippen LogP) is 1.93. The van der Waals surface area contributed by atoms with Gasteiger partial charge < -0.3 is 25.0 Å². The van der Waals surface area contributed by atoms with Crippen LogP contribution >= 0.6 is 0 Å². The van der Waals surface area contributed by atoms with Crippen LogP contribution < -0.4 is 5.32 Å². The minimum atomic E-state index is -0.676. The van der Waals surface area contributed by atoms with Crippen molar-refractivity contribution in [3.63, 3.8) is 0 Å². The summed E-state index contributed by atoms with van der Waals surface area (Å²) in [5, 5.41) is 12.2. The van der Waals surface area contributed by atoms with Crippen molar-refractivity contribution < 1.29 is 24.2 Å². The maximum Gasteiger partial charge on any atom is 0.338 e. The van der Waals surface area contributed by atoms with Gasteiger partial charge in [-0.2, -0.15) is 0 Å². The number of benzene rings is 2. The predicted molar refractivity (Wildman–Crippen MR) is 102 cm³/mol. The number of carbonyl (C=O) groups is 3. The molecule has 1 heterocycles. The van der Waals surface area contributed by atoms with Crippen LogP contribution in [-0.4, -0.2) is 65.6 Å². The number of piperazine rings is 1. The Kier molecular flexibility index (Phi) is 6.11. The molecule has 8 nitrogen and oxygen atoms in total. The molecule has 8 heteroatoms. The average Bonchev–Trinajstić information content (AvgIpc) is 2.72. The van der Waals surface area contributed by atoms with Crippen LogP contribution in [0.5, 0.6) is 5.75 Å². The second kappa shape index (κ2) is 8.90. The number of rotatable bonds is 4. The van der Waals surface area contributed by atoms with Crippen molar-refractivity contribution in [2.24, 2.45) is 0 Å². The smallest absolute Gasteiger partial charge is 0.338 e. The first kappa shape index (κ1) is 19.2. The number of carbonyl (C=O) groups excluding carboxylic acids is 3. The van der Waals surface area contributed by atoms with Gasteiger partial charge in [0.2, 0.25) is 0 Å². The highest BCUT2D eigenvalue weighted by atomic mass is 16.5. The van der Waals surface area contributed by atoms with Crippen LogP contribution in [0.1, 0.15) is 10.4 Å². The van der Waals surface area contributed by atoms with E-state index >= 15 is 0 Å². The molecule has 1 aliphatic rings. The fourth-order valence-corrected chi connectivity index (χ4v) is 2.82. The molecule has 0 aliphatic carbocycles. The zero-order chi connectivity index (χ0) is 19.9. The van der Waals surface area contributed by atoms with Gasteiger partial charge in [-0.25, -0.2) is 9.59 Å². The monoisotopic (exact) mass is 383 g/mol. The Morgan fingerprint density at radius 1 is 0.929 bits per heavy atom. The summed E-state index contributed by atoms with van der Waals surface area (Å²) in [6.07, 6.45) is 0. The lowest BCUT2D eigenvalue weighted by Crippen LogP contribution is -2.52. The number of phenols is 1. The summed E-state index contributed by atoms with van der Waals surface area (Å²) in [5.74, 6) is -1.05. The Labute approximate surface area is 162 Å². The van der Waals surface area contributed by atoms with Crippen molar-refractivity contribution in [3.05, 3.63) is 60.2 Å². The highest BCUT2D eigenvalue weighted by molar-refractivity contribution is 5.92. The van der Waals surface area contributed by atoms with E-state index in [4.69, 9.17) is 4.74 Å². The first-order chi connectivity index (χ1) is 13.5. The third kappa shape index (κ3) is 5.00. The Bertz CT molecular complexity index is 848. The van der Waals surface area contributed by atoms with Gasteiger partial charge in [0.05, 0.1) is 5.56 Å². The SMILES string of the molecule is O=C(OCC(=O)N1CCN(C(=O)Nc2ccccc2)CC1)c1cccc(O)c1. The third-order valence-corrected chi connectivity index (χ3v) is 4.35. The molecule has 3 rings (SSSR count). The molecule has 0 aromatic heterocycles. The third-order valence-electron chi connectivity index (χ3n) is 4.35. The van der Waals surface area contributed by atoms with E-state index in [-0.39, 0.29) is 29.9 Å². The average molecular weight is 383 g/mol. The molecule has 0 saturated carbocycles. The van der Waals surface area contributed by atoms with Crippen molar-refractivity contribution >= 4 is 23.6 Å². The number of hydrogen-bond acceptors (Lipinski definition) is 5. The Morgan fingerprint density at radius 3 is 2.29 bits per heavy atom. The largest absolute Gasteiger partial charge is 0.508 e. The molecule has 28 heavy (non-hydrogen) atoms. The van der Waals surface area contributed by atoms with E-state index in [1.54, 1.807) is 21.9 Å². The lowest BCUT2D eigenvalue weighted by Gasteiger charge is -2.34. The fraction of sp³-hybridized carbons (Fsp3) is 0.250. The number of hydrogen-bond donors (Lipinski definition) is 2. The molecule has 0 atom stereocenters. The maximum absolute atomic E-state index is 12.3. The van der Waals surface area contributed by atoms with Gasteiger partial charge in [0.25, 0.3) is 5.91 Å².